The van der Waals surface area contributed by atoms with Gasteiger partial charge in [0.15, 0.2) is 5.82 Å². The molecule has 0 aliphatic heterocycles. The molecule has 0 aliphatic rings. The van der Waals surface area contributed by atoms with Crippen molar-refractivity contribution in [2.24, 2.45) is 0 Å². The summed E-state index contributed by atoms with van der Waals surface area (Å²) in [4.78, 5) is 21.7. The fraction of sp³-hybridized carbons (Fsp3) is 0.125. The van der Waals surface area contributed by atoms with Gasteiger partial charge in [-0.3, -0.25) is 4.79 Å². The Labute approximate surface area is 192 Å². The first-order chi connectivity index (χ1) is 15.8. The summed E-state index contributed by atoms with van der Waals surface area (Å²) in [5, 5.41) is 3.56. The van der Waals surface area contributed by atoms with Crippen LogP contribution in [-0.4, -0.2) is 28.7 Å². The van der Waals surface area contributed by atoms with Crippen LogP contribution in [0.4, 0.5) is 18.9 Å². The zero-order valence-electron chi connectivity index (χ0n) is 17.4. The fourth-order valence-electron chi connectivity index (χ4n) is 3.19. The third kappa shape index (κ3) is 5.25. The van der Waals surface area contributed by atoms with Gasteiger partial charge in [-0.25, -0.2) is 9.97 Å². The third-order valence-corrected chi connectivity index (χ3v) is 5.74. The maximum absolute atomic E-state index is 13.2. The molecule has 4 rings (SSSR count). The van der Waals surface area contributed by atoms with Crippen molar-refractivity contribution in [3.05, 3.63) is 78.4 Å². The van der Waals surface area contributed by atoms with Crippen LogP contribution in [0, 0.1) is 0 Å². The lowest BCUT2D eigenvalue weighted by atomic mass is 10.1. The van der Waals surface area contributed by atoms with Crippen LogP contribution >= 0.6 is 11.8 Å². The number of thioether (sulfide) groups is 1. The van der Waals surface area contributed by atoms with Gasteiger partial charge in [-0.05, 0) is 30.3 Å². The number of aromatic nitrogens is 2. The molecule has 0 aliphatic carbocycles. The molecule has 0 fully saturated rings. The number of methoxy groups -OCH3 is 1. The summed E-state index contributed by atoms with van der Waals surface area (Å²) in [6.45, 7) is 0. The molecule has 0 unspecified atom stereocenters. The first-order valence-corrected chi connectivity index (χ1v) is 10.8. The number of alkyl halides is 3. The van der Waals surface area contributed by atoms with Gasteiger partial charge in [0.2, 0.25) is 5.91 Å². The molecular formula is C24H18F3N3O2S. The van der Waals surface area contributed by atoms with Crippen molar-refractivity contribution in [1.29, 1.82) is 0 Å². The van der Waals surface area contributed by atoms with Gasteiger partial charge in [0.1, 0.15) is 10.8 Å². The maximum Gasteiger partial charge on any atom is 0.418 e. The van der Waals surface area contributed by atoms with E-state index in [2.05, 4.69) is 15.3 Å². The number of ether oxygens (including phenoxy) is 1. The van der Waals surface area contributed by atoms with E-state index in [9.17, 15) is 18.0 Å². The quantitative estimate of drug-likeness (QED) is 0.275. The molecule has 1 N–H and O–H groups in total. The number of benzene rings is 3. The average Bonchev–Trinajstić information content (AvgIpc) is 2.82. The Kier molecular flexibility index (Phi) is 6.50. The molecule has 0 saturated heterocycles. The molecule has 1 aromatic heterocycles. The number of hydrogen-bond donors (Lipinski definition) is 1. The van der Waals surface area contributed by atoms with E-state index >= 15 is 0 Å². The Hall–Kier alpha value is -3.59. The first kappa shape index (κ1) is 22.6. The lowest BCUT2D eigenvalue weighted by Gasteiger charge is -2.14. The number of para-hydroxylation sites is 1. The van der Waals surface area contributed by atoms with Gasteiger partial charge in [0, 0.05) is 10.9 Å². The lowest BCUT2D eigenvalue weighted by Crippen LogP contribution is -2.18. The van der Waals surface area contributed by atoms with E-state index in [0.717, 1.165) is 23.4 Å². The molecule has 3 aromatic carbocycles. The first-order valence-electron chi connectivity index (χ1n) is 9.85. The van der Waals surface area contributed by atoms with Crippen LogP contribution in [0.5, 0.6) is 5.75 Å². The molecule has 5 nitrogen and oxygen atoms in total. The Balaban J connectivity index is 1.62. The molecule has 1 heterocycles. The number of halogens is 3. The van der Waals surface area contributed by atoms with Crippen LogP contribution in [0.1, 0.15) is 5.56 Å². The zero-order valence-corrected chi connectivity index (χ0v) is 18.2. The van der Waals surface area contributed by atoms with Crippen LogP contribution in [0.25, 0.3) is 22.3 Å². The summed E-state index contributed by atoms with van der Waals surface area (Å²) in [6.07, 6.45) is -4.57. The van der Waals surface area contributed by atoms with E-state index in [-0.39, 0.29) is 11.4 Å². The largest absolute Gasteiger partial charge is 0.497 e. The number of carbonyl (C=O) groups is 1. The van der Waals surface area contributed by atoms with Crippen molar-refractivity contribution in [3.8, 4) is 17.1 Å². The number of nitrogens with zero attached hydrogens (tertiary/aromatic N) is 2. The summed E-state index contributed by atoms with van der Waals surface area (Å²) in [7, 11) is 1.54. The van der Waals surface area contributed by atoms with Gasteiger partial charge in [-0.15, -0.1) is 0 Å². The second-order valence-corrected chi connectivity index (χ2v) is 7.95. The van der Waals surface area contributed by atoms with Gasteiger partial charge >= 0.3 is 6.18 Å². The Morgan fingerprint density at radius 1 is 1.00 bits per heavy atom. The van der Waals surface area contributed by atoms with Crippen LogP contribution in [0.3, 0.4) is 0 Å². The van der Waals surface area contributed by atoms with Gasteiger partial charge < -0.3 is 10.1 Å². The number of fused-ring (bicyclic) bond motifs is 1. The highest BCUT2D eigenvalue weighted by Crippen LogP contribution is 2.35. The van der Waals surface area contributed by atoms with Gasteiger partial charge in [-0.2, -0.15) is 13.2 Å². The maximum atomic E-state index is 13.2. The Morgan fingerprint density at radius 3 is 2.45 bits per heavy atom. The number of amides is 1. The molecule has 4 aromatic rings. The smallest absolute Gasteiger partial charge is 0.418 e. The van der Waals surface area contributed by atoms with Crippen LogP contribution in [-0.2, 0) is 11.0 Å². The Bertz CT molecular complexity index is 1300. The van der Waals surface area contributed by atoms with Crippen molar-refractivity contribution in [2.45, 2.75) is 11.2 Å². The van der Waals surface area contributed by atoms with Crippen LogP contribution in [0.15, 0.2) is 77.8 Å². The topological polar surface area (TPSA) is 64.1 Å². The summed E-state index contributed by atoms with van der Waals surface area (Å²) in [5.74, 6) is 0.374. The number of hydrogen-bond acceptors (Lipinski definition) is 5. The van der Waals surface area contributed by atoms with E-state index in [0.29, 0.717) is 27.5 Å². The number of rotatable bonds is 6. The molecule has 0 saturated carbocycles. The normalized spacial score (nSPS) is 11.4. The summed E-state index contributed by atoms with van der Waals surface area (Å²) < 4.78 is 44.9. The number of carbonyl (C=O) groups excluding carboxylic acids is 1. The highest BCUT2D eigenvalue weighted by atomic mass is 32.2. The minimum Gasteiger partial charge on any atom is -0.497 e. The molecular weight excluding hydrogens is 451 g/mol. The molecule has 9 heteroatoms. The average molecular weight is 469 g/mol. The molecule has 0 radical (unpaired) electrons. The number of anilines is 1. The molecule has 168 valence electrons. The van der Waals surface area contributed by atoms with Crippen molar-refractivity contribution in [2.75, 3.05) is 18.2 Å². The Morgan fingerprint density at radius 2 is 1.73 bits per heavy atom. The minimum absolute atomic E-state index is 0.135. The number of nitrogens with one attached hydrogen (secondary N) is 1. The molecule has 1 amide bonds. The third-order valence-electron chi connectivity index (χ3n) is 4.75. The predicted molar refractivity (Wildman–Crippen MR) is 122 cm³/mol. The van der Waals surface area contributed by atoms with Crippen molar-refractivity contribution < 1.29 is 22.7 Å². The second kappa shape index (κ2) is 9.50. The summed E-state index contributed by atoms with van der Waals surface area (Å²) in [5.41, 5.74) is 0.289. The highest BCUT2D eigenvalue weighted by molar-refractivity contribution is 8.00. The lowest BCUT2D eigenvalue weighted by molar-refractivity contribution is -0.137. The standard InChI is InChI=1S/C24H18F3N3O2S/c1-32-16-11-12-19-17(13-16)23(30-22(29-19)15-7-3-2-4-8-15)33-14-21(31)28-20-10-6-5-9-18(20)24(25,26)27/h2-13H,14H2,1H3,(H,28,31). The molecule has 0 atom stereocenters. The van der Waals surface area contributed by atoms with Crippen molar-refractivity contribution >= 4 is 34.3 Å². The van der Waals surface area contributed by atoms with Crippen LogP contribution in [0.2, 0.25) is 0 Å². The van der Waals surface area contributed by atoms with Gasteiger partial charge in [0.25, 0.3) is 0 Å². The second-order valence-electron chi connectivity index (χ2n) is 6.98. The van der Waals surface area contributed by atoms with Crippen LogP contribution < -0.4 is 10.1 Å². The van der Waals surface area contributed by atoms with Gasteiger partial charge in [0.05, 0.1) is 29.6 Å². The molecule has 0 bridgehead atoms. The summed E-state index contributed by atoms with van der Waals surface area (Å²) in [6, 6.07) is 19.6. The minimum atomic E-state index is -4.57. The van der Waals surface area contributed by atoms with Gasteiger partial charge in [-0.1, -0.05) is 54.2 Å². The predicted octanol–water partition coefficient (Wildman–Crippen LogP) is 6.06. The SMILES string of the molecule is COc1ccc2nc(-c3ccccc3)nc(SCC(=O)Nc3ccccc3C(F)(F)F)c2c1. The van der Waals surface area contributed by atoms with Crippen molar-refractivity contribution in [3.63, 3.8) is 0 Å². The van der Waals surface area contributed by atoms with Crippen molar-refractivity contribution in [1.82, 2.24) is 9.97 Å². The summed E-state index contributed by atoms with van der Waals surface area (Å²) >= 11 is 1.12. The fourth-order valence-corrected chi connectivity index (χ4v) is 4.00. The van der Waals surface area contributed by atoms with E-state index < -0.39 is 17.6 Å². The zero-order chi connectivity index (χ0) is 23.4. The molecule has 33 heavy (non-hydrogen) atoms. The van der Waals surface area contributed by atoms with E-state index in [1.165, 1.54) is 18.2 Å². The van der Waals surface area contributed by atoms with E-state index in [1.807, 2.05) is 30.3 Å². The highest BCUT2D eigenvalue weighted by Gasteiger charge is 2.33. The molecule has 0 spiro atoms. The monoisotopic (exact) mass is 469 g/mol. The van der Waals surface area contributed by atoms with E-state index in [4.69, 9.17) is 4.74 Å². The van der Waals surface area contributed by atoms with E-state index in [1.54, 1.807) is 25.3 Å².